The first-order valence-corrected chi connectivity index (χ1v) is 11.6. The summed E-state index contributed by atoms with van der Waals surface area (Å²) in [6, 6.07) is 16.0. The number of cyclic esters (lactones) is 1. The van der Waals surface area contributed by atoms with Crippen molar-refractivity contribution in [1.29, 1.82) is 0 Å². The molecule has 2 amide bonds. The van der Waals surface area contributed by atoms with Crippen molar-refractivity contribution in [1.82, 2.24) is 10.6 Å². The molecule has 182 valence electrons. The molecule has 4 atom stereocenters. The summed E-state index contributed by atoms with van der Waals surface area (Å²) in [4.78, 5) is 37.8. The summed E-state index contributed by atoms with van der Waals surface area (Å²) in [7, 11) is 0. The van der Waals surface area contributed by atoms with Crippen molar-refractivity contribution in [2.24, 2.45) is 5.92 Å². The van der Waals surface area contributed by atoms with E-state index in [1.54, 1.807) is 48.5 Å². The zero-order chi connectivity index (χ0) is 24.5. The molecule has 0 saturated carbocycles. The molecular weight excluding hydrogens is 460 g/mol. The first-order chi connectivity index (χ1) is 16.3. The highest BCUT2D eigenvalue weighted by Gasteiger charge is 2.30. The third-order valence-electron chi connectivity index (χ3n) is 5.73. The highest BCUT2D eigenvalue weighted by Crippen LogP contribution is 2.22. The van der Waals surface area contributed by atoms with Crippen LogP contribution in [0.3, 0.4) is 0 Å². The molecule has 1 aliphatic rings. The number of halogens is 1. The average molecular weight is 489 g/mol. The van der Waals surface area contributed by atoms with E-state index in [0.717, 1.165) is 5.56 Å². The van der Waals surface area contributed by atoms with E-state index in [1.165, 1.54) is 0 Å². The maximum Gasteiger partial charge on any atom is 0.306 e. The quantitative estimate of drug-likeness (QED) is 0.478. The Bertz CT molecular complexity index is 969. The molecule has 1 fully saturated rings. The second-order valence-corrected chi connectivity index (χ2v) is 8.78. The lowest BCUT2D eigenvalue weighted by Crippen LogP contribution is -2.41. The largest absolute Gasteiger partial charge is 0.456 e. The third-order valence-corrected chi connectivity index (χ3v) is 5.98. The summed E-state index contributed by atoms with van der Waals surface area (Å²) >= 11 is 5.87. The van der Waals surface area contributed by atoms with Crippen molar-refractivity contribution in [3.05, 3.63) is 70.7 Å². The van der Waals surface area contributed by atoms with Gasteiger partial charge in [0.05, 0.1) is 18.8 Å². The van der Waals surface area contributed by atoms with Crippen LogP contribution in [0, 0.1) is 5.92 Å². The monoisotopic (exact) mass is 488 g/mol. The van der Waals surface area contributed by atoms with Gasteiger partial charge in [-0.2, -0.15) is 0 Å². The summed E-state index contributed by atoms with van der Waals surface area (Å²) < 4.78 is 5.52. The van der Waals surface area contributed by atoms with Crippen LogP contribution in [0.25, 0.3) is 0 Å². The molecule has 1 aliphatic heterocycles. The lowest BCUT2D eigenvalue weighted by molar-refractivity contribution is -0.151. The minimum atomic E-state index is -1.27. The molecule has 1 saturated heterocycles. The second kappa shape index (κ2) is 12.5. The average Bonchev–Trinajstić information content (AvgIpc) is 2.84. The first kappa shape index (κ1) is 25.7. The van der Waals surface area contributed by atoms with Crippen molar-refractivity contribution >= 4 is 29.4 Å². The Hall–Kier alpha value is -2.94. The van der Waals surface area contributed by atoms with Crippen molar-refractivity contribution in [2.45, 2.75) is 50.5 Å². The Balaban J connectivity index is 1.68. The predicted octanol–water partition coefficient (Wildman–Crippen LogP) is 2.27. The number of hydrogen-bond acceptors (Lipinski definition) is 6. The fourth-order valence-electron chi connectivity index (χ4n) is 3.74. The van der Waals surface area contributed by atoms with Crippen LogP contribution in [0.15, 0.2) is 54.6 Å². The molecule has 9 heteroatoms. The van der Waals surface area contributed by atoms with Crippen LogP contribution in [0.2, 0.25) is 5.02 Å². The lowest BCUT2D eigenvalue weighted by atomic mass is 9.92. The Morgan fingerprint density at radius 3 is 2.47 bits per heavy atom. The van der Waals surface area contributed by atoms with E-state index in [-0.39, 0.29) is 44.7 Å². The standard InChI is InChI=1S/C25H29ClN2O6/c26-19-8-6-16(7-9-19)14-27-23(31)13-18-12-21(30)20(29)10-11-24(32)34-22(15-28-25(18)33)17-4-2-1-3-5-17/h1-9,18,20-22,29-30H,10-15H2,(H,27,31)(H,28,33)/t18-,20+,21+,22?/m0/s1. The fourth-order valence-corrected chi connectivity index (χ4v) is 3.87. The Morgan fingerprint density at radius 1 is 1.06 bits per heavy atom. The van der Waals surface area contributed by atoms with Gasteiger partial charge in [-0.25, -0.2) is 0 Å². The van der Waals surface area contributed by atoms with E-state index in [2.05, 4.69) is 10.6 Å². The molecular formula is C25H29ClN2O6. The van der Waals surface area contributed by atoms with E-state index in [0.29, 0.717) is 10.6 Å². The topological polar surface area (TPSA) is 125 Å². The molecule has 34 heavy (non-hydrogen) atoms. The highest BCUT2D eigenvalue weighted by molar-refractivity contribution is 6.30. The molecule has 8 nitrogen and oxygen atoms in total. The van der Waals surface area contributed by atoms with Gasteiger partial charge in [0.1, 0.15) is 6.10 Å². The van der Waals surface area contributed by atoms with Crippen LogP contribution in [-0.2, 0) is 25.7 Å². The number of aliphatic hydroxyl groups excluding tert-OH is 2. The van der Waals surface area contributed by atoms with Crippen molar-refractivity contribution in [3.63, 3.8) is 0 Å². The number of nitrogens with one attached hydrogen (secondary N) is 2. The normalized spacial score (nSPS) is 24.2. The summed E-state index contributed by atoms with van der Waals surface area (Å²) in [5.74, 6) is -2.24. The zero-order valence-corrected chi connectivity index (χ0v) is 19.4. The molecule has 4 N–H and O–H groups in total. The van der Waals surface area contributed by atoms with Crippen molar-refractivity contribution in [2.75, 3.05) is 6.54 Å². The van der Waals surface area contributed by atoms with Gasteiger partial charge in [-0.3, -0.25) is 14.4 Å². The first-order valence-electron chi connectivity index (χ1n) is 11.2. The highest BCUT2D eigenvalue weighted by atomic mass is 35.5. The Kier molecular flexibility index (Phi) is 9.44. The number of aliphatic hydroxyl groups is 2. The summed E-state index contributed by atoms with van der Waals surface area (Å²) in [5.41, 5.74) is 1.56. The molecule has 0 aliphatic carbocycles. The summed E-state index contributed by atoms with van der Waals surface area (Å²) in [6.45, 7) is 0.289. The predicted molar refractivity (Wildman–Crippen MR) is 126 cm³/mol. The molecule has 0 aromatic heterocycles. The SMILES string of the molecule is O=C(C[C@@H]1C[C@@H](O)[C@H](O)CCC(=O)OC(c2ccccc2)CNC1=O)NCc1ccc(Cl)cc1. The van der Waals surface area contributed by atoms with E-state index >= 15 is 0 Å². The number of amides is 2. The molecule has 0 bridgehead atoms. The third kappa shape index (κ3) is 7.83. The van der Waals surface area contributed by atoms with E-state index in [4.69, 9.17) is 16.3 Å². The van der Waals surface area contributed by atoms with Crippen LogP contribution < -0.4 is 10.6 Å². The smallest absolute Gasteiger partial charge is 0.306 e. The maximum atomic E-state index is 12.9. The molecule has 0 radical (unpaired) electrons. The van der Waals surface area contributed by atoms with Gasteiger partial charge in [0, 0.05) is 30.3 Å². The number of esters is 1. The van der Waals surface area contributed by atoms with Gasteiger partial charge in [0.15, 0.2) is 0 Å². The molecule has 1 heterocycles. The van der Waals surface area contributed by atoms with Gasteiger partial charge in [-0.1, -0.05) is 54.1 Å². The molecule has 2 aromatic carbocycles. The van der Waals surface area contributed by atoms with E-state index in [9.17, 15) is 24.6 Å². The molecule has 0 spiro atoms. The minimum Gasteiger partial charge on any atom is -0.456 e. The van der Waals surface area contributed by atoms with Gasteiger partial charge >= 0.3 is 5.97 Å². The van der Waals surface area contributed by atoms with Crippen LogP contribution in [0.4, 0.5) is 0 Å². The number of carbonyl (C=O) groups is 3. The van der Waals surface area contributed by atoms with Crippen molar-refractivity contribution < 1.29 is 29.3 Å². The molecule has 1 unspecified atom stereocenters. The fraction of sp³-hybridized carbons (Fsp3) is 0.400. The number of rotatable bonds is 5. The lowest BCUT2D eigenvalue weighted by Gasteiger charge is -2.26. The number of benzene rings is 2. The van der Waals surface area contributed by atoms with Gasteiger partial charge in [-0.05, 0) is 36.1 Å². The minimum absolute atomic E-state index is 0.0153. The molecule has 2 aromatic rings. The van der Waals surface area contributed by atoms with Gasteiger partial charge in [0.2, 0.25) is 11.8 Å². The summed E-state index contributed by atoms with van der Waals surface area (Å²) in [6.07, 6.45) is -3.59. The van der Waals surface area contributed by atoms with Gasteiger partial charge < -0.3 is 25.6 Å². The number of ether oxygens (including phenoxy) is 1. The Morgan fingerprint density at radius 2 is 1.76 bits per heavy atom. The van der Waals surface area contributed by atoms with E-state index < -0.39 is 36.1 Å². The van der Waals surface area contributed by atoms with Crippen LogP contribution >= 0.6 is 11.6 Å². The Labute approximate surface area is 203 Å². The van der Waals surface area contributed by atoms with Crippen LogP contribution in [0.5, 0.6) is 0 Å². The van der Waals surface area contributed by atoms with Crippen LogP contribution in [-0.4, -0.2) is 46.7 Å². The van der Waals surface area contributed by atoms with Crippen LogP contribution in [0.1, 0.15) is 42.9 Å². The van der Waals surface area contributed by atoms with Crippen molar-refractivity contribution in [3.8, 4) is 0 Å². The zero-order valence-electron chi connectivity index (χ0n) is 18.7. The number of hydrogen-bond donors (Lipinski definition) is 4. The molecule has 3 rings (SSSR count). The second-order valence-electron chi connectivity index (χ2n) is 8.35. The van der Waals surface area contributed by atoms with E-state index in [1.807, 2.05) is 6.07 Å². The van der Waals surface area contributed by atoms with Gasteiger partial charge in [-0.15, -0.1) is 0 Å². The maximum absolute atomic E-state index is 12.9. The summed E-state index contributed by atoms with van der Waals surface area (Å²) in [5, 5.41) is 26.8. The van der Waals surface area contributed by atoms with Gasteiger partial charge in [0.25, 0.3) is 0 Å². The number of carbonyl (C=O) groups excluding carboxylic acids is 3.